The molecule has 0 unspecified atom stereocenters. The van der Waals surface area contributed by atoms with E-state index in [9.17, 15) is 9.18 Å². The summed E-state index contributed by atoms with van der Waals surface area (Å²) < 4.78 is 20.8. The van der Waals surface area contributed by atoms with Crippen LogP contribution in [0.5, 0.6) is 0 Å². The minimum absolute atomic E-state index is 0.0311. The smallest absolute Gasteiger partial charge is 0.233 e. The van der Waals surface area contributed by atoms with Gasteiger partial charge < -0.3 is 14.6 Å². The van der Waals surface area contributed by atoms with Crippen LogP contribution in [0.25, 0.3) is 11.4 Å². The molecule has 1 amide bonds. The number of amides is 1. The molecule has 29 heavy (non-hydrogen) atoms. The van der Waals surface area contributed by atoms with Gasteiger partial charge in [-0.3, -0.25) is 9.69 Å². The summed E-state index contributed by atoms with van der Waals surface area (Å²) in [7, 11) is 0. The first kappa shape index (κ1) is 20.3. The summed E-state index contributed by atoms with van der Waals surface area (Å²) >= 11 is 1.41. The number of ether oxygens (including phenoxy) is 1. The zero-order valence-corrected chi connectivity index (χ0v) is 17.3. The number of hydrogen-bond acceptors (Lipinski definition) is 6. The molecule has 0 bridgehead atoms. The van der Waals surface area contributed by atoms with E-state index in [-0.39, 0.29) is 17.0 Å². The molecule has 1 saturated carbocycles. The van der Waals surface area contributed by atoms with Crippen LogP contribution in [0.4, 0.5) is 4.39 Å². The standard InChI is InChI=1S/C20H26FN5O2S/c1-14(19(27)22-17-6-7-17)29-20-24-23-18(15-2-4-16(21)5-3-15)26(20)9-8-25-10-12-28-13-11-25/h2-5,14,17H,6-13H2,1H3,(H,22,27)/t14-/m1/s1. The Bertz CT molecular complexity index is 834. The van der Waals surface area contributed by atoms with Crippen LogP contribution >= 0.6 is 11.8 Å². The summed E-state index contributed by atoms with van der Waals surface area (Å²) in [5.41, 5.74) is 0.808. The molecule has 2 heterocycles. The molecule has 2 fully saturated rings. The predicted molar refractivity (Wildman–Crippen MR) is 109 cm³/mol. The van der Waals surface area contributed by atoms with E-state index in [0.29, 0.717) is 23.6 Å². The van der Waals surface area contributed by atoms with Crippen LogP contribution < -0.4 is 5.32 Å². The van der Waals surface area contributed by atoms with Crippen molar-refractivity contribution in [1.82, 2.24) is 25.0 Å². The minimum Gasteiger partial charge on any atom is -0.379 e. The van der Waals surface area contributed by atoms with Gasteiger partial charge in [-0.2, -0.15) is 0 Å². The minimum atomic E-state index is -0.284. The fraction of sp³-hybridized carbons (Fsp3) is 0.550. The zero-order valence-electron chi connectivity index (χ0n) is 16.5. The van der Waals surface area contributed by atoms with Gasteiger partial charge in [-0.25, -0.2) is 4.39 Å². The zero-order chi connectivity index (χ0) is 20.2. The Kier molecular flexibility index (Phi) is 6.46. The normalized spacial score (nSPS) is 18.6. The number of halogens is 1. The third kappa shape index (κ3) is 5.34. The Morgan fingerprint density at radius 2 is 1.97 bits per heavy atom. The molecule has 9 heteroatoms. The molecular formula is C20H26FN5O2S. The van der Waals surface area contributed by atoms with Gasteiger partial charge in [0, 0.05) is 37.8 Å². The molecule has 2 aromatic rings. The number of carbonyl (C=O) groups excluding carboxylic acids is 1. The highest BCUT2D eigenvalue weighted by Gasteiger charge is 2.27. The van der Waals surface area contributed by atoms with E-state index in [1.807, 2.05) is 11.5 Å². The van der Waals surface area contributed by atoms with Gasteiger partial charge in [-0.15, -0.1) is 10.2 Å². The van der Waals surface area contributed by atoms with Crippen LogP contribution in [0.3, 0.4) is 0 Å². The third-order valence-corrected chi connectivity index (χ3v) is 6.22. The van der Waals surface area contributed by atoms with E-state index in [4.69, 9.17) is 4.74 Å². The van der Waals surface area contributed by atoms with Crippen molar-refractivity contribution in [2.24, 2.45) is 0 Å². The van der Waals surface area contributed by atoms with Crippen LogP contribution in [-0.4, -0.2) is 69.7 Å². The van der Waals surface area contributed by atoms with E-state index in [1.54, 1.807) is 12.1 Å². The van der Waals surface area contributed by atoms with Gasteiger partial charge >= 0.3 is 0 Å². The van der Waals surface area contributed by atoms with Crippen LogP contribution in [0.1, 0.15) is 19.8 Å². The van der Waals surface area contributed by atoms with E-state index in [2.05, 4.69) is 20.4 Å². The molecule has 1 aromatic carbocycles. The van der Waals surface area contributed by atoms with Gasteiger partial charge in [-0.05, 0) is 44.0 Å². The molecule has 1 atom stereocenters. The van der Waals surface area contributed by atoms with Gasteiger partial charge in [0.2, 0.25) is 5.91 Å². The maximum Gasteiger partial charge on any atom is 0.233 e. The molecule has 1 N–H and O–H groups in total. The summed E-state index contributed by atoms with van der Waals surface area (Å²) in [4.78, 5) is 14.7. The monoisotopic (exact) mass is 419 g/mol. The van der Waals surface area contributed by atoms with Gasteiger partial charge in [0.1, 0.15) is 5.82 Å². The lowest BCUT2D eigenvalue weighted by atomic mass is 10.2. The first-order chi connectivity index (χ1) is 14.1. The Morgan fingerprint density at radius 1 is 1.24 bits per heavy atom. The van der Waals surface area contributed by atoms with Crippen molar-refractivity contribution in [3.63, 3.8) is 0 Å². The molecule has 0 spiro atoms. The second-order valence-electron chi connectivity index (χ2n) is 7.46. The summed E-state index contributed by atoms with van der Waals surface area (Å²) in [5, 5.41) is 12.2. The van der Waals surface area contributed by atoms with Crippen molar-refractivity contribution in [1.29, 1.82) is 0 Å². The number of nitrogens with zero attached hydrogens (tertiary/aromatic N) is 4. The van der Waals surface area contributed by atoms with Crippen LogP contribution in [0.15, 0.2) is 29.4 Å². The highest BCUT2D eigenvalue weighted by atomic mass is 32.2. The average molecular weight is 420 g/mol. The van der Waals surface area contributed by atoms with Gasteiger partial charge in [-0.1, -0.05) is 11.8 Å². The molecule has 1 aliphatic carbocycles. The number of carbonyl (C=O) groups is 1. The molecule has 1 saturated heterocycles. The van der Waals surface area contributed by atoms with Crippen molar-refractivity contribution >= 4 is 17.7 Å². The fourth-order valence-electron chi connectivity index (χ4n) is 3.21. The number of morpholine rings is 1. The van der Waals surface area contributed by atoms with Crippen molar-refractivity contribution in [2.45, 2.75) is 42.8 Å². The predicted octanol–water partition coefficient (Wildman–Crippen LogP) is 2.18. The van der Waals surface area contributed by atoms with E-state index >= 15 is 0 Å². The molecule has 4 rings (SSSR count). The first-order valence-corrected chi connectivity index (χ1v) is 10.9. The lowest BCUT2D eigenvalue weighted by Gasteiger charge is -2.27. The molecule has 0 radical (unpaired) electrons. The molecule has 1 aliphatic heterocycles. The molecular weight excluding hydrogens is 393 g/mol. The van der Waals surface area contributed by atoms with E-state index < -0.39 is 0 Å². The van der Waals surface area contributed by atoms with Crippen molar-refractivity contribution < 1.29 is 13.9 Å². The maximum absolute atomic E-state index is 13.4. The SMILES string of the molecule is C[C@@H](Sc1nnc(-c2ccc(F)cc2)n1CCN1CCOCC1)C(=O)NC1CC1. The van der Waals surface area contributed by atoms with Crippen LogP contribution in [-0.2, 0) is 16.1 Å². The summed E-state index contributed by atoms with van der Waals surface area (Å²) in [6.07, 6.45) is 2.13. The summed E-state index contributed by atoms with van der Waals surface area (Å²) in [5.74, 6) is 0.437. The molecule has 7 nitrogen and oxygen atoms in total. The van der Waals surface area contributed by atoms with E-state index in [1.165, 1.54) is 23.9 Å². The second kappa shape index (κ2) is 9.23. The third-order valence-electron chi connectivity index (χ3n) is 5.14. The van der Waals surface area contributed by atoms with Crippen molar-refractivity contribution in [3.8, 4) is 11.4 Å². The van der Waals surface area contributed by atoms with Crippen LogP contribution in [0, 0.1) is 5.82 Å². The Morgan fingerprint density at radius 3 is 2.66 bits per heavy atom. The number of hydrogen-bond donors (Lipinski definition) is 1. The highest BCUT2D eigenvalue weighted by Crippen LogP contribution is 2.28. The molecule has 1 aromatic heterocycles. The largest absolute Gasteiger partial charge is 0.379 e. The number of benzene rings is 1. The second-order valence-corrected chi connectivity index (χ2v) is 8.77. The summed E-state index contributed by atoms with van der Waals surface area (Å²) in [6.45, 7) is 6.71. The lowest BCUT2D eigenvalue weighted by molar-refractivity contribution is -0.120. The lowest BCUT2D eigenvalue weighted by Crippen LogP contribution is -2.38. The number of nitrogens with one attached hydrogen (secondary N) is 1. The number of thioether (sulfide) groups is 1. The van der Waals surface area contributed by atoms with Crippen molar-refractivity contribution in [2.75, 3.05) is 32.8 Å². The maximum atomic E-state index is 13.4. The van der Waals surface area contributed by atoms with Gasteiger partial charge in [0.15, 0.2) is 11.0 Å². The Hall–Kier alpha value is -1.97. The first-order valence-electron chi connectivity index (χ1n) is 10.1. The van der Waals surface area contributed by atoms with E-state index in [0.717, 1.165) is 51.3 Å². The quantitative estimate of drug-likeness (QED) is 0.662. The summed E-state index contributed by atoms with van der Waals surface area (Å²) in [6, 6.07) is 6.60. The highest BCUT2D eigenvalue weighted by molar-refractivity contribution is 8.00. The average Bonchev–Trinajstić information content (AvgIpc) is 3.46. The topological polar surface area (TPSA) is 72.3 Å². The Balaban J connectivity index is 1.52. The molecule has 2 aliphatic rings. The fourth-order valence-corrected chi connectivity index (χ4v) is 4.10. The van der Waals surface area contributed by atoms with Gasteiger partial charge in [0.25, 0.3) is 0 Å². The number of aromatic nitrogens is 3. The molecule has 156 valence electrons. The Labute approximate surface area is 174 Å². The van der Waals surface area contributed by atoms with Crippen molar-refractivity contribution in [3.05, 3.63) is 30.1 Å². The van der Waals surface area contributed by atoms with Crippen LogP contribution in [0.2, 0.25) is 0 Å². The van der Waals surface area contributed by atoms with Gasteiger partial charge in [0.05, 0.1) is 18.5 Å². The number of rotatable bonds is 8.